The van der Waals surface area contributed by atoms with Gasteiger partial charge in [-0.15, -0.1) is 12.3 Å². The average molecular weight is 317 g/mol. The van der Waals surface area contributed by atoms with E-state index < -0.39 is 44.1 Å². The van der Waals surface area contributed by atoms with Gasteiger partial charge in [0.1, 0.15) is 4.90 Å². The fourth-order valence-electron chi connectivity index (χ4n) is 1.58. The molecule has 0 aliphatic carbocycles. The van der Waals surface area contributed by atoms with Gasteiger partial charge in [-0.05, 0) is 18.6 Å². The fourth-order valence-corrected chi connectivity index (χ4v) is 3.01. The highest BCUT2D eigenvalue weighted by Crippen LogP contribution is 2.20. The first-order valence-electron chi connectivity index (χ1n) is 5.91. The number of carboxylic acid groups (broad SMARTS) is 1. The van der Waals surface area contributed by atoms with Crippen molar-refractivity contribution in [3.63, 3.8) is 0 Å². The Kier molecular flexibility index (Phi) is 5.41. The van der Waals surface area contributed by atoms with Crippen molar-refractivity contribution in [3.8, 4) is 12.3 Å². The standard InChI is InChI=1S/C13H13F2NO4S/c1-3-5-9(4-2)16-21(19,20)11-7-8(13(17)18)6-10(14)12(11)15/h1,6-7,9,16H,4-5H2,2H3,(H,17,18). The summed E-state index contributed by atoms with van der Waals surface area (Å²) in [5.41, 5.74) is -0.667. The zero-order valence-electron chi connectivity index (χ0n) is 11.1. The Bertz CT molecular complexity index is 695. The van der Waals surface area contributed by atoms with E-state index in [0.717, 1.165) is 0 Å². The second kappa shape index (κ2) is 6.65. The summed E-state index contributed by atoms with van der Waals surface area (Å²) in [5, 5.41) is 8.77. The van der Waals surface area contributed by atoms with E-state index in [4.69, 9.17) is 11.5 Å². The van der Waals surface area contributed by atoms with E-state index in [1.807, 2.05) is 0 Å². The predicted octanol–water partition coefficient (Wildman–Crippen LogP) is 1.74. The van der Waals surface area contributed by atoms with Crippen LogP contribution in [0.5, 0.6) is 0 Å². The number of halogens is 2. The lowest BCUT2D eigenvalue weighted by Gasteiger charge is -2.15. The highest BCUT2D eigenvalue weighted by molar-refractivity contribution is 7.89. The van der Waals surface area contributed by atoms with Crippen molar-refractivity contribution in [3.05, 3.63) is 29.3 Å². The molecule has 8 heteroatoms. The van der Waals surface area contributed by atoms with E-state index >= 15 is 0 Å². The van der Waals surface area contributed by atoms with Gasteiger partial charge in [0.15, 0.2) is 11.6 Å². The lowest BCUT2D eigenvalue weighted by atomic mass is 10.2. The molecule has 1 aromatic rings. The first-order chi connectivity index (χ1) is 9.72. The van der Waals surface area contributed by atoms with Crippen LogP contribution in [0.15, 0.2) is 17.0 Å². The Morgan fingerprint density at radius 3 is 2.57 bits per heavy atom. The van der Waals surface area contributed by atoms with Crippen LogP contribution in [0.3, 0.4) is 0 Å². The SMILES string of the molecule is C#CCC(CC)NS(=O)(=O)c1cc(C(=O)O)cc(F)c1F. The van der Waals surface area contributed by atoms with Gasteiger partial charge in [0.25, 0.3) is 0 Å². The number of sulfonamides is 1. The number of benzene rings is 1. The lowest BCUT2D eigenvalue weighted by molar-refractivity contribution is 0.0696. The molecule has 0 heterocycles. The van der Waals surface area contributed by atoms with E-state index in [9.17, 15) is 22.0 Å². The molecule has 1 unspecified atom stereocenters. The minimum Gasteiger partial charge on any atom is -0.478 e. The molecular weight excluding hydrogens is 304 g/mol. The third-order valence-corrected chi connectivity index (χ3v) is 4.23. The normalized spacial score (nSPS) is 12.7. The smallest absolute Gasteiger partial charge is 0.335 e. The van der Waals surface area contributed by atoms with Gasteiger partial charge >= 0.3 is 5.97 Å². The van der Waals surface area contributed by atoms with Crippen molar-refractivity contribution in [1.82, 2.24) is 4.72 Å². The van der Waals surface area contributed by atoms with Crippen LogP contribution in [0, 0.1) is 24.0 Å². The number of carbonyl (C=O) groups is 1. The minimum atomic E-state index is -4.43. The molecule has 0 fully saturated rings. The van der Waals surface area contributed by atoms with E-state index in [0.29, 0.717) is 18.6 Å². The van der Waals surface area contributed by atoms with E-state index in [1.165, 1.54) is 0 Å². The lowest BCUT2D eigenvalue weighted by Crippen LogP contribution is -2.34. The van der Waals surface area contributed by atoms with Crippen LogP contribution in [0.1, 0.15) is 30.1 Å². The number of terminal acetylenes is 1. The third kappa shape index (κ3) is 4.00. The highest BCUT2D eigenvalue weighted by Gasteiger charge is 2.26. The zero-order valence-corrected chi connectivity index (χ0v) is 11.9. The summed E-state index contributed by atoms with van der Waals surface area (Å²) < 4.78 is 53.2. The van der Waals surface area contributed by atoms with Crippen molar-refractivity contribution in [1.29, 1.82) is 0 Å². The number of nitrogens with one attached hydrogen (secondary N) is 1. The molecule has 1 rings (SSSR count). The van der Waals surface area contributed by atoms with Gasteiger partial charge < -0.3 is 5.11 Å². The van der Waals surface area contributed by atoms with Gasteiger partial charge in [0.05, 0.1) is 5.56 Å². The zero-order chi connectivity index (χ0) is 16.2. The Morgan fingerprint density at radius 1 is 1.48 bits per heavy atom. The van der Waals surface area contributed by atoms with E-state index in [1.54, 1.807) is 6.92 Å². The van der Waals surface area contributed by atoms with Crippen LogP contribution >= 0.6 is 0 Å². The Morgan fingerprint density at radius 2 is 2.10 bits per heavy atom. The van der Waals surface area contributed by atoms with Gasteiger partial charge in [-0.25, -0.2) is 26.7 Å². The van der Waals surface area contributed by atoms with Crippen molar-refractivity contribution < 1.29 is 27.1 Å². The monoisotopic (exact) mass is 317 g/mol. The van der Waals surface area contributed by atoms with Gasteiger partial charge in [-0.1, -0.05) is 6.92 Å². The molecule has 0 spiro atoms. The molecule has 0 aliphatic rings. The maximum atomic E-state index is 13.7. The molecule has 0 aliphatic heterocycles. The largest absolute Gasteiger partial charge is 0.478 e. The molecule has 2 N–H and O–H groups in total. The van der Waals surface area contributed by atoms with Crippen molar-refractivity contribution in [2.24, 2.45) is 0 Å². The number of hydrogen-bond acceptors (Lipinski definition) is 3. The first kappa shape index (κ1) is 17.1. The van der Waals surface area contributed by atoms with Gasteiger partial charge in [0, 0.05) is 12.5 Å². The number of hydrogen-bond donors (Lipinski definition) is 2. The van der Waals surface area contributed by atoms with Crippen LogP contribution in [-0.2, 0) is 10.0 Å². The molecule has 0 saturated heterocycles. The summed E-state index contributed by atoms with van der Waals surface area (Å²) in [5.74, 6) is -2.50. The van der Waals surface area contributed by atoms with Crippen LogP contribution < -0.4 is 4.72 Å². The molecule has 21 heavy (non-hydrogen) atoms. The van der Waals surface area contributed by atoms with Crippen molar-refractivity contribution in [2.75, 3.05) is 0 Å². The maximum absolute atomic E-state index is 13.7. The first-order valence-corrected chi connectivity index (χ1v) is 7.39. The molecule has 1 atom stereocenters. The van der Waals surface area contributed by atoms with E-state index in [-0.39, 0.29) is 6.42 Å². The quantitative estimate of drug-likeness (QED) is 0.783. The second-order valence-electron chi connectivity index (χ2n) is 4.21. The second-order valence-corrected chi connectivity index (χ2v) is 5.89. The van der Waals surface area contributed by atoms with Gasteiger partial charge in [0.2, 0.25) is 10.0 Å². The molecule has 0 bridgehead atoms. The summed E-state index contributed by atoms with van der Waals surface area (Å²) in [6.45, 7) is 1.66. The molecule has 1 aromatic carbocycles. The van der Waals surface area contributed by atoms with Crippen molar-refractivity contribution >= 4 is 16.0 Å². The maximum Gasteiger partial charge on any atom is 0.335 e. The van der Waals surface area contributed by atoms with Gasteiger partial charge in [-0.2, -0.15) is 0 Å². The van der Waals surface area contributed by atoms with E-state index in [2.05, 4.69) is 10.6 Å². The summed E-state index contributed by atoms with van der Waals surface area (Å²) in [7, 11) is -4.43. The summed E-state index contributed by atoms with van der Waals surface area (Å²) in [4.78, 5) is 9.73. The molecule has 0 radical (unpaired) electrons. The number of rotatable bonds is 6. The predicted molar refractivity (Wildman–Crippen MR) is 71.2 cm³/mol. The molecule has 0 amide bonds. The van der Waals surface area contributed by atoms with Gasteiger partial charge in [-0.3, -0.25) is 0 Å². The summed E-state index contributed by atoms with van der Waals surface area (Å²) >= 11 is 0. The topological polar surface area (TPSA) is 83.5 Å². The molecule has 5 nitrogen and oxygen atoms in total. The molecular formula is C13H13F2NO4S. The van der Waals surface area contributed by atoms with Crippen molar-refractivity contribution in [2.45, 2.75) is 30.7 Å². The van der Waals surface area contributed by atoms with Crippen LogP contribution in [0.25, 0.3) is 0 Å². The van der Waals surface area contributed by atoms with Crippen LogP contribution in [0.2, 0.25) is 0 Å². The fraction of sp³-hybridized carbons (Fsp3) is 0.308. The average Bonchev–Trinajstić information content (AvgIpc) is 2.40. The molecule has 114 valence electrons. The highest BCUT2D eigenvalue weighted by atomic mass is 32.2. The minimum absolute atomic E-state index is 0.0679. The summed E-state index contributed by atoms with van der Waals surface area (Å²) in [6.07, 6.45) is 5.49. The Hall–Kier alpha value is -1.98. The van der Waals surface area contributed by atoms with Crippen LogP contribution in [-0.4, -0.2) is 25.5 Å². The molecule has 0 saturated carbocycles. The number of aromatic carboxylic acids is 1. The molecule has 0 aromatic heterocycles. The van der Waals surface area contributed by atoms with Crippen LogP contribution in [0.4, 0.5) is 8.78 Å². The Balaban J connectivity index is 3.31. The summed E-state index contributed by atoms with van der Waals surface area (Å²) in [6, 6.07) is 0.317. The Labute approximate surface area is 121 Å². The third-order valence-electron chi connectivity index (χ3n) is 2.71. The number of carboxylic acids is 1.